The van der Waals surface area contributed by atoms with Crippen LogP contribution in [-0.2, 0) is 32.7 Å². The normalized spacial score (nSPS) is 14.5. The number of hydrogen-bond acceptors (Lipinski definition) is 9. The summed E-state index contributed by atoms with van der Waals surface area (Å²) in [7, 11) is -4.64. The van der Waals surface area contributed by atoms with E-state index in [0.29, 0.717) is 12.8 Å². The molecule has 0 aromatic carbocycles. The third-order valence-electron chi connectivity index (χ3n) is 8.68. The van der Waals surface area contributed by atoms with Crippen molar-refractivity contribution in [3.05, 3.63) is 60.8 Å². The molecule has 0 aliphatic rings. The summed E-state index contributed by atoms with van der Waals surface area (Å²) in [6, 6.07) is 0. The van der Waals surface area contributed by atoms with Gasteiger partial charge in [0.2, 0.25) is 0 Å². The van der Waals surface area contributed by atoms with Gasteiger partial charge in [-0.25, -0.2) is 4.57 Å². The van der Waals surface area contributed by atoms with E-state index in [-0.39, 0.29) is 12.8 Å². The summed E-state index contributed by atoms with van der Waals surface area (Å²) in [5, 5.41) is 19.1. The van der Waals surface area contributed by atoms with Crippen molar-refractivity contribution in [2.75, 3.05) is 26.4 Å². The SMILES string of the molecule is CCC/C=C\C/C=C\CCCCCCCC(=O)OC(CO)COP(=O)(O)OCC(CO)OC(=O)CCCCCCCC/C=C\C/C=C\C/C=C\CCCCC. The predicted molar refractivity (Wildman–Crippen MR) is 224 cm³/mol. The fraction of sp³-hybridized carbons (Fsp3) is 0.727. The second-order valence-electron chi connectivity index (χ2n) is 14.0. The van der Waals surface area contributed by atoms with Gasteiger partial charge in [-0.15, -0.1) is 0 Å². The molecular formula is C44H77O10P. The Morgan fingerprint density at radius 2 is 0.836 bits per heavy atom. The number of phosphoric acid groups is 1. The molecule has 0 rings (SSSR count). The van der Waals surface area contributed by atoms with Gasteiger partial charge in [-0.2, -0.15) is 0 Å². The lowest BCUT2D eigenvalue weighted by Crippen LogP contribution is -2.28. The van der Waals surface area contributed by atoms with Crippen LogP contribution in [0.25, 0.3) is 0 Å². The van der Waals surface area contributed by atoms with E-state index < -0.39 is 58.4 Å². The Morgan fingerprint density at radius 3 is 1.22 bits per heavy atom. The first kappa shape index (κ1) is 52.7. The quantitative estimate of drug-likeness (QED) is 0.0237. The molecule has 0 bridgehead atoms. The summed E-state index contributed by atoms with van der Waals surface area (Å²) in [4.78, 5) is 34.5. The summed E-state index contributed by atoms with van der Waals surface area (Å²) in [5.41, 5.74) is 0. The smallest absolute Gasteiger partial charge is 0.457 e. The molecule has 0 saturated heterocycles. The Balaban J connectivity index is 3.97. The molecule has 10 nitrogen and oxygen atoms in total. The maximum atomic E-state index is 12.3. The number of unbranched alkanes of at least 4 members (excludes halogenated alkanes) is 15. The number of aliphatic hydroxyl groups excluding tert-OH is 2. The van der Waals surface area contributed by atoms with Crippen molar-refractivity contribution in [3.8, 4) is 0 Å². The average molecular weight is 797 g/mol. The monoisotopic (exact) mass is 797 g/mol. The van der Waals surface area contributed by atoms with E-state index in [1.54, 1.807) is 0 Å². The molecule has 0 radical (unpaired) electrons. The standard InChI is InChI=1S/C44H77O10P/c1-3-5-7-9-11-13-15-17-18-19-20-21-22-24-26-28-30-32-34-36-44(48)54-42(38-46)40-52-55(49,50)51-39-41(37-45)53-43(47)35-33-31-29-27-25-23-16-14-12-10-8-6-4-2/h8,10-11,13-14,16-18,20-21,41-42,45-46H,3-7,9,12,15,19,22-40H2,1-2H3,(H,49,50)/b10-8-,13-11-,16-14-,18-17-,21-20-. The summed E-state index contributed by atoms with van der Waals surface area (Å²) < 4.78 is 32.5. The number of allylic oxidation sites excluding steroid dienone is 10. The average Bonchev–Trinajstić information content (AvgIpc) is 3.17. The Bertz CT molecular complexity index is 1100. The Hall–Kier alpha value is -2.33. The third-order valence-corrected chi connectivity index (χ3v) is 9.63. The molecule has 0 saturated carbocycles. The number of phosphoric ester groups is 1. The van der Waals surface area contributed by atoms with Crippen molar-refractivity contribution in [2.24, 2.45) is 0 Å². The fourth-order valence-electron chi connectivity index (χ4n) is 5.39. The molecule has 0 aliphatic heterocycles. The van der Waals surface area contributed by atoms with Crippen LogP contribution >= 0.6 is 7.82 Å². The zero-order valence-electron chi connectivity index (χ0n) is 34.4. The van der Waals surface area contributed by atoms with Gasteiger partial charge in [-0.3, -0.25) is 18.6 Å². The first-order valence-electron chi connectivity index (χ1n) is 21.2. The maximum Gasteiger partial charge on any atom is 0.472 e. The zero-order chi connectivity index (χ0) is 40.5. The number of aliphatic hydroxyl groups is 2. The second-order valence-corrected chi connectivity index (χ2v) is 15.4. The molecule has 11 heteroatoms. The number of carbonyl (C=O) groups excluding carboxylic acids is 2. The molecule has 3 atom stereocenters. The molecular weight excluding hydrogens is 719 g/mol. The van der Waals surface area contributed by atoms with Crippen molar-refractivity contribution >= 4 is 19.8 Å². The Kier molecular flexibility index (Phi) is 38.2. The van der Waals surface area contributed by atoms with Crippen LogP contribution < -0.4 is 0 Å². The molecule has 0 spiro atoms. The first-order valence-corrected chi connectivity index (χ1v) is 22.7. The molecule has 3 N–H and O–H groups in total. The molecule has 0 amide bonds. The van der Waals surface area contributed by atoms with E-state index in [1.165, 1.54) is 32.1 Å². The topological polar surface area (TPSA) is 149 Å². The first-order chi connectivity index (χ1) is 26.8. The van der Waals surface area contributed by atoms with Gasteiger partial charge < -0.3 is 24.6 Å². The van der Waals surface area contributed by atoms with Gasteiger partial charge in [0, 0.05) is 12.8 Å². The number of rotatable bonds is 39. The molecule has 3 unspecified atom stereocenters. The number of hydrogen-bond donors (Lipinski definition) is 3. The maximum absolute atomic E-state index is 12.3. The van der Waals surface area contributed by atoms with Crippen molar-refractivity contribution in [1.29, 1.82) is 0 Å². The van der Waals surface area contributed by atoms with Gasteiger partial charge in [0.25, 0.3) is 0 Å². The summed E-state index contributed by atoms with van der Waals surface area (Å²) >= 11 is 0. The van der Waals surface area contributed by atoms with E-state index >= 15 is 0 Å². The van der Waals surface area contributed by atoms with Crippen molar-refractivity contribution < 1.29 is 47.8 Å². The highest BCUT2D eigenvalue weighted by Crippen LogP contribution is 2.43. The lowest BCUT2D eigenvalue weighted by atomic mass is 10.1. The van der Waals surface area contributed by atoms with Crippen molar-refractivity contribution in [3.63, 3.8) is 0 Å². The molecule has 0 aromatic heterocycles. The van der Waals surface area contributed by atoms with Gasteiger partial charge in [-0.05, 0) is 77.0 Å². The minimum absolute atomic E-state index is 0.172. The van der Waals surface area contributed by atoms with Crippen LogP contribution in [0.5, 0.6) is 0 Å². The van der Waals surface area contributed by atoms with Gasteiger partial charge in [-0.1, -0.05) is 139 Å². The van der Waals surface area contributed by atoms with Crippen LogP contribution in [0.3, 0.4) is 0 Å². The van der Waals surface area contributed by atoms with Crippen molar-refractivity contribution in [2.45, 2.75) is 180 Å². The molecule has 55 heavy (non-hydrogen) atoms. The molecule has 0 aliphatic carbocycles. The van der Waals surface area contributed by atoms with Crippen LogP contribution in [0.2, 0.25) is 0 Å². The van der Waals surface area contributed by atoms with Crippen LogP contribution in [0.1, 0.15) is 168 Å². The summed E-state index contributed by atoms with van der Waals surface area (Å²) in [5.74, 6) is -1.05. The summed E-state index contributed by atoms with van der Waals surface area (Å²) in [6.45, 7) is 2.07. The summed E-state index contributed by atoms with van der Waals surface area (Å²) in [6.07, 6.45) is 43.3. The molecule has 0 heterocycles. The van der Waals surface area contributed by atoms with Gasteiger partial charge in [0.05, 0.1) is 26.4 Å². The van der Waals surface area contributed by atoms with E-state index in [9.17, 15) is 29.3 Å². The second kappa shape index (κ2) is 39.9. The molecule has 318 valence electrons. The van der Waals surface area contributed by atoms with Crippen molar-refractivity contribution in [1.82, 2.24) is 0 Å². The number of ether oxygens (including phenoxy) is 2. The van der Waals surface area contributed by atoms with E-state index in [1.807, 2.05) is 0 Å². The largest absolute Gasteiger partial charge is 0.472 e. The van der Waals surface area contributed by atoms with Gasteiger partial charge >= 0.3 is 19.8 Å². The Morgan fingerprint density at radius 1 is 0.491 bits per heavy atom. The predicted octanol–water partition coefficient (Wildman–Crippen LogP) is 11.1. The molecule has 0 fully saturated rings. The highest BCUT2D eigenvalue weighted by Gasteiger charge is 2.27. The van der Waals surface area contributed by atoms with E-state index in [0.717, 1.165) is 96.3 Å². The van der Waals surface area contributed by atoms with Crippen LogP contribution in [-0.4, -0.2) is 65.7 Å². The lowest BCUT2D eigenvalue weighted by Gasteiger charge is -2.20. The van der Waals surface area contributed by atoms with E-state index in [4.69, 9.17) is 18.5 Å². The zero-order valence-corrected chi connectivity index (χ0v) is 35.3. The number of carbonyl (C=O) groups is 2. The minimum Gasteiger partial charge on any atom is -0.457 e. The molecule has 0 aromatic rings. The van der Waals surface area contributed by atoms with Crippen LogP contribution in [0.4, 0.5) is 0 Å². The lowest BCUT2D eigenvalue weighted by molar-refractivity contribution is -0.153. The van der Waals surface area contributed by atoms with Crippen LogP contribution in [0.15, 0.2) is 60.8 Å². The van der Waals surface area contributed by atoms with Crippen LogP contribution in [0, 0.1) is 0 Å². The third kappa shape index (κ3) is 38.3. The van der Waals surface area contributed by atoms with Gasteiger partial charge in [0.1, 0.15) is 12.2 Å². The Labute approximate surface area is 334 Å². The van der Waals surface area contributed by atoms with Gasteiger partial charge in [0.15, 0.2) is 0 Å². The highest BCUT2D eigenvalue weighted by molar-refractivity contribution is 7.47. The highest BCUT2D eigenvalue weighted by atomic mass is 31.2. The van der Waals surface area contributed by atoms with E-state index in [2.05, 4.69) is 74.6 Å². The fourth-order valence-corrected chi connectivity index (χ4v) is 6.18. The minimum atomic E-state index is -4.64. The number of esters is 2.